The second kappa shape index (κ2) is 8.96. The van der Waals surface area contributed by atoms with Crippen LogP contribution in [0.2, 0.25) is 0 Å². The third-order valence-corrected chi connectivity index (χ3v) is 6.21. The Balaban J connectivity index is 2.25. The molecule has 2 aromatic rings. The maximum atomic E-state index is 14.2. The minimum atomic E-state index is -4.01. The second-order valence-electron chi connectivity index (χ2n) is 5.73. The number of carbonyl (C=O) groups is 1. The fourth-order valence-electron chi connectivity index (χ4n) is 2.67. The quantitative estimate of drug-likeness (QED) is 0.747. The van der Waals surface area contributed by atoms with Gasteiger partial charge in [0, 0.05) is 30.8 Å². The van der Waals surface area contributed by atoms with E-state index in [0.717, 1.165) is 22.0 Å². The van der Waals surface area contributed by atoms with Crippen molar-refractivity contribution >= 4 is 15.9 Å². The Morgan fingerprint density at radius 3 is 2.44 bits per heavy atom. The molecular formula is C19H23FN2O4S. The SMILES string of the molecule is CCN(CC)S(=O)(=O)c1cc(C(=O)NCc2ccccc2OC)ccc1F. The first kappa shape index (κ1) is 20.9. The lowest BCUT2D eigenvalue weighted by molar-refractivity contribution is 0.0950. The van der Waals surface area contributed by atoms with Crippen LogP contribution in [-0.2, 0) is 16.6 Å². The molecule has 6 nitrogen and oxygen atoms in total. The van der Waals surface area contributed by atoms with Gasteiger partial charge in [-0.05, 0) is 24.3 Å². The molecule has 0 fully saturated rings. The standard InChI is InChI=1S/C19H23FN2O4S/c1-4-22(5-2)27(24,25)18-12-14(10-11-16(18)20)19(23)21-13-15-8-6-7-9-17(15)26-3/h6-12H,4-5,13H2,1-3H3,(H,21,23). The number of nitrogens with zero attached hydrogens (tertiary/aromatic N) is 1. The highest BCUT2D eigenvalue weighted by atomic mass is 32.2. The molecular weight excluding hydrogens is 371 g/mol. The summed E-state index contributed by atoms with van der Waals surface area (Å²) in [5.41, 5.74) is 0.837. The predicted octanol–water partition coefficient (Wildman–Crippen LogP) is 2.79. The zero-order chi connectivity index (χ0) is 20.0. The Hall–Kier alpha value is -2.45. The number of methoxy groups -OCH3 is 1. The van der Waals surface area contributed by atoms with Gasteiger partial charge in [0.1, 0.15) is 16.5 Å². The van der Waals surface area contributed by atoms with Gasteiger partial charge in [-0.15, -0.1) is 0 Å². The van der Waals surface area contributed by atoms with Crippen LogP contribution in [-0.4, -0.2) is 38.8 Å². The van der Waals surface area contributed by atoms with E-state index in [0.29, 0.717) is 5.75 Å². The maximum absolute atomic E-state index is 14.2. The van der Waals surface area contributed by atoms with Crippen molar-refractivity contribution < 1.29 is 22.3 Å². The Morgan fingerprint density at radius 1 is 1.15 bits per heavy atom. The molecule has 0 bridgehead atoms. The molecule has 0 unspecified atom stereocenters. The molecule has 0 aliphatic carbocycles. The first-order valence-electron chi connectivity index (χ1n) is 8.54. The van der Waals surface area contributed by atoms with E-state index in [1.54, 1.807) is 26.0 Å². The molecule has 2 aromatic carbocycles. The number of halogens is 1. The van der Waals surface area contributed by atoms with Gasteiger partial charge < -0.3 is 10.1 Å². The van der Waals surface area contributed by atoms with Crippen molar-refractivity contribution in [1.29, 1.82) is 0 Å². The molecule has 1 N–H and O–H groups in total. The van der Waals surface area contributed by atoms with Crippen LogP contribution in [0.5, 0.6) is 5.75 Å². The van der Waals surface area contributed by atoms with Gasteiger partial charge in [-0.3, -0.25) is 4.79 Å². The van der Waals surface area contributed by atoms with E-state index in [2.05, 4.69) is 5.32 Å². The van der Waals surface area contributed by atoms with Crippen molar-refractivity contribution in [2.45, 2.75) is 25.3 Å². The largest absolute Gasteiger partial charge is 0.496 e. The maximum Gasteiger partial charge on any atom is 0.251 e. The lowest BCUT2D eigenvalue weighted by Gasteiger charge is -2.19. The summed E-state index contributed by atoms with van der Waals surface area (Å²) in [4.78, 5) is 11.9. The summed E-state index contributed by atoms with van der Waals surface area (Å²) in [6.45, 7) is 3.95. The third-order valence-electron chi connectivity index (χ3n) is 4.15. The summed E-state index contributed by atoms with van der Waals surface area (Å²) < 4.78 is 45.7. The molecule has 8 heteroatoms. The van der Waals surface area contributed by atoms with Gasteiger partial charge in [-0.25, -0.2) is 12.8 Å². The number of carbonyl (C=O) groups excluding carboxylic acids is 1. The average molecular weight is 394 g/mol. The predicted molar refractivity (Wildman–Crippen MR) is 101 cm³/mol. The average Bonchev–Trinajstić information content (AvgIpc) is 2.67. The number of para-hydroxylation sites is 1. The van der Waals surface area contributed by atoms with Crippen molar-refractivity contribution in [1.82, 2.24) is 9.62 Å². The molecule has 2 rings (SSSR count). The van der Waals surface area contributed by atoms with E-state index in [9.17, 15) is 17.6 Å². The summed E-state index contributed by atoms with van der Waals surface area (Å²) >= 11 is 0. The minimum absolute atomic E-state index is 0.0667. The molecule has 146 valence electrons. The number of rotatable bonds is 8. The number of amides is 1. The van der Waals surface area contributed by atoms with Crippen molar-refractivity contribution in [3.63, 3.8) is 0 Å². The first-order chi connectivity index (χ1) is 12.8. The molecule has 0 aliphatic rings. The van der Waals surface area contributed by atoms with Crippen LogP contribution in [0.4, 0.5) is 4.39 Å². The molecule has 0 aliphatic heterocycles. The highest BCUT2D eigenvalue weighted by molar-refractivity contribution is 7.89. The molecule has 0 saturated carbocycles. The van der Waals surface area contributed by atoms with E-state index in [-0.39, 0.29) is 25.2 Å². The number of sulfonamides is 1. The zero-order valence-electron chi connectivity index (χ0n) is 15.5. The minimum Gasteiger partial charge on any atom is -0.496 e. The monoisotopic (exact) mass is 394 g/mol. The lowest BCUT2D eigenvalue weighted by atomic mass is 10.1. The summed E-state index contributed by atoms with van der Waals surface area (Å²) in [5, 5.41) is 2.70. The van der Waals surface area contributed by atoms with E-state index >= 15 is 0 Å². The van der Waals surface area contributed by atoms with E-state index in [4.69, 9.17) is 4.74 Å². The molecule has 1 amide bonds. The topological polar surface area (TPSA) is 75.7 Å². The van der Waals surface area contributed by atoms with Crippen LogP contribution in [0, 0.1) is 5.82 Å². The molecule has 0 spiro atoms. The van der Waals surface area contributed by atoms with Gasteiger partial charge in [-0.2, -0.15) is 4.31 Å². The molecule has 0 atom stereocenters. The zero-order valence-corrected chi connectivity index (χ0v) is 16.3. The van der Waals surface area contributed by atoms with Crippen LogP contribution in [0.3, 0.4) is 0 Å². The lowest BCUT2D eigenvalue weighted by Crippen LogP contribution is -2.31. The summed E-state index contributed by atoms with van der Waals surface area (Å²) in [6.07, 6.45) is 0. The molecule has 0 radical (unpaired) electrons. The normalized spacial score (nSPS) is 11.4. The number of nitrogens with one attached hydrogen (secondary N) is 1. The summed E-state index contributed by atoms with van der Waals surface area (Å²) in [6, 6.07) is 10.5. The first-order valence-corrected chi connectivity index (χ1v) is 9.98. The van der Waals surface area contributed by atoms with Crippen molar-refractivity contribution in [3.05, 3.63) is 59.4 Å². The smallest absolute Gasteiger partial charge is 0.251 e. The Bertz CT molecular complexity index is 912. The fourth-order valence-corrected chi connectivity index (χ4v) is 4.22. The molecule has 0 heterocycles. The van der Waals surface area contributed by atoms with Gasteiger partial charge in [0.05, 0.1) is 7.11 Å². The highest BCUT2D eigenvalue weighted by Gasteiger charge is 2.26. The number of benzene rings is 2. The Morgan fingerprint density at radius 2 is 1.81 bits per heavy atom. The van der Waals surface area contributed by atoms with E-state index in [1.165, 1.54) is 13.2 Å². The number of hydrogen-bond donors (Lipinski definition) is 1. The third kappa shape index (κ3) is 4.64. The van der Waals surface area contributed by atoms with Crippen LogP contribution < -0.4 is 10.1 Å². The molecule has 27 heavy (non-hydrogen) atoms. The highest BCUT2D eigenvalue weighted by Crippen LogP contribution is 2.21. The summed E-state index contributed by atoms with van der Waals surface area (Å²) in [5.74, 6) is -0.762. The van der Waals surface area contributed by atoms with Gasteiger partial charge in [0.2, 0.25) is 10.0 Å². The number of hydrogen-bond acceptors (Lipinski definition) is 4. The second-order valence-corrected chi connectivity index (χ2v) is 7.64. The van der Waals surface area contributed by atoms with E-state index in [1.807, 2.05) is 12.1 Å². The van der Waals surface area contributed by atoms with Crippen LogP contribution in [0.1, 0.15) is 29.8 Å². The van der Waals surface area contributed by atoms with Gasteiger partial charge in [0.15, 0.2) is 0 Å². The fraction of sp³-hybridized carbons (Fsp3) is 0.316. The van der Waals surface area contributed by atoms with Gasteiger partial charge in [0.25, 0.3) is 5.91 Å². The van der Waals surface area contributed by atoms with Crippen LogP contribution in [0.15, 0.2) is 47.4 Å². The Labute approximate surface area is 159 Å². The Kier molecular flexibility index (Phi) is 6.92. The van der Waals surface area contributed by atoms with Crippen molar-refractivity contribution in [2.24, 2.45) is 0 Å². The summed E-state index contributed by atoms with van der Waals surface area (Å²) in [7, 11) is -2.47. The van der Waals surface area contributed by atoms with Gasteiger partial charge >= 0.3 is 0 Å². The molecule has 0 saturated heterocycles. The van der Waals surface area contributed by atoms with Crippen molar-refractivity contribution in [3.8, 4) is 5.75 Å². The van der Waals surface area contributed by atoms with Crippen LogP contribution in [0.25, 0.3) is 0 Å². The number of ether oxygens (including phenoxy) is 1. The van der Waals surface area contributed by atoms with Gasteiger partial charge in [-0.1, -0.05) is 32.0 Å². The molecule has 0 aromatic heterocycles. The van der Waals surface area contributed by atoms with Crippen molar-refractivity contribution in [2.75, 3.05) is 20.2 Å². The van der Waals surface area contributed by atoms with E-state index < -0.39 is 26.6 Å². The van der Waals surface area contributed by atoms with Crippen LogP contribution >= 0.6 is 0 Å².